The molecular formula is C28H62O4S3Si2. The third-order valence-electron chi connectivity index (χ3n) is 6.33. The number of ether oxygens (including phenoxy) is 4. The largest absolute Gasteiger partial charge is 0.354 e. The van der Waals surface area contributed by atoms with Crippen molar-refractivity contribution in [1.29, 1.82) is 0 Å². The summed E-state index contributed by atoms with van der Waals surface area (Å²) < 4.78 is 25.8. The van der Waals surface area contributed by atoms with Gasteiger partial charge in [0.15, 0.2) is 0 Å². The van der Waals surface area contributed by atoms with E-state index >= 15 is 0 Å². The second-order valence-electron chi connectivity index (χ2n) is 10.0. The van der Waals surface area contributed by atoms with Crippen molar-refractivity contribution in [2.45, 2.75) is 142 Å². The van der Waals surface area contributed by atoms with E-state index in [1.54, 1.807) is 0 Å². The molecule has 9 heteroatoms. The summed E-state index contributed by atoms with van der Waals surface area (Å²) in [7, 11) is 5.01. The fraction of sp³-hybridized carbons (Fsp3) is 1.00. The van der Waals surface area contributed by atoms with E-state index in [1.807, 2.05) is 31.4 Å². The Morgan fingerprint density at radius 2 is 0.838 bits per heavy atom. The van der Waals surface area contributed by atoms with E-state index in [0.29, 0.717) is 0 Å². The summed E-state index contributed by atoms with van der Waals surface area (Å²) in [5.74, 6) is 2.17. The summed E-state index contributed by atoms with van der Waals surface area (Å²) in [5.41, 5.74) is -0.529. The molecule has 0 aliphatic carbocycles. The van der Waals surface area contributed by atoms with Crippen LogP contribution in [0.25, 0.3) is 0 Å². The smallest absolute Gasteiger partial charge is 0.145 e. The van der Waals surface area contributed by atoms with E-state index in [1.165, 1.54) is 50.6 Å². The third-order valence-corrected chi connectivity index (χ3v) is 15.3. The zero-order chi connectivity index (χ0) is 27.5. The molecule has 0 rings (SSSR count). The van der Waals surface area contributed by atoms with Gasteiger partial charge in [0, 0.05) is 50.8 Å². The molecule has 0 aromatic rings. The molecule has 0 amide bonds. The maximum Gasteiger partial charge on any atom is 0.145 e. The summed E-state index contributed by atoms with van der Waals surface area (Å²) in [4.78, 5) is 0. The average molecular weight is 615 g/mol. The number of hydrogen-bond acceptors (Lipinski definition) is 7. The van der Waals surface area contributed by atoms with Crippen molar-refractivity contribution in [2.75, 3.05) is 37.9 Å². The molecule has 0 saturated carbocycles. The quantitative estimate of drug-likeness (QED) is 0.0348. The van der Waals surface area contributed by atoms with E-state index in [-0.39, 0.29) is 10.8 Å². The topological polar surface area (TPSA) is 36.9 Å². The molecule has 0 heterocycles. The Balaban J connectivity index is 4.74. The molecule has 0 aromatic carbocycles. The van der Waals surface area contributed by atoms with Crippen molar-refractivity contribution in [2.24, 2.45) is 0 Å². The van der Waals surface area contributed by atoms with Crippen molar-refractivity contribution in [3.63, 3.8) is 0 Å². The molecule has 0 aromatic heterocycles. The van der Waals surface area contributed by atoms with Gasteiger partial charge in [-0.1, -0.05) is 114 Å². The Kier molecular flexibility index (Phi) is 28.5. The molecule has 0 fully saturated rings. The molecule has 4 nitrogen and oxygen atoms in total. The van der Waals surface area contributed by atoms with Crippen molar-refractivity contribution in [1.82, 2.24) is 0 Å². The van der Waals surface area contributed by atoms with Crippen LogP contribution in [0.15, 0.2) is 0 Å². The fourth-order valence-electron chi connectivity index (χ4n) is 4.20. The van der Waals surface area contributed by atoms with E-state index in [4.69, 9.17) is 18.9 Å². The molecule has 0 aliphatic heterocycles. The van der Waals surface area contributed by atoms with Crippen LogP contribution >= 0.6 is 31.4 Å². The molecule has 0 unspecified atom stereocenters. The van der Waals surface area contributed by atoms with Gasteiger partial charge in [-0.25, -0.2) is 0 Å². The van der Waals surface area contributed by atoms with Crippen LogP contribution in [0.3, 0.4) is 0 Å². The highest BCUT2D eigenvalue weighted by Crippen LogP contribution is 2.38. The molecule has 0 saturated heterocycles. The maximum atomic E-state index is 6.45. The van der Waals surface area contributed by atoms with Crippen LogP contribution in [0.5, 0.6) is 0 Å². The molecule has 224 valence electrons. The van der Waals surface area contributed by atoms with Gasteiger partial charge in [0.05, 0.1) is 19.0 Å². The molecule has 0 bridgehead atoms. The Hall–Kier alpha value is 1.32. The normalized spacial score (nSPS) is 13.1. The first-order valence-electron chi connectivity index (χ1n) is 15.5. The maximum absolute atomic E-state index is 6.45. The Labute approximate surface area is 247 Å². The first-order valence-corrected chi connectivity index (χ1v) is 22.8. The van der Waals surface area contributed by atoms with Crippen LogP contribution in [0.4, 0.5) is 0 Å². The van der Waals surface area contributed by atoms with Gasteiger partial charge >= 0.3 is 0 Å². The Morgan fingerprint density at radius 1 is 0.486 bits per heavy atom. The monoisotopic (exact) mass is 614 g/mol. The molecule has 0 N–H and O–H groups in total. The summed E-state index contributed by atoms with van der Waals surface area (Å²) in [5, 5.41) is 0. The summed E-state index contributed by atoms with van der Waals surface area (Å²) in [6, 6.07) is 2.65. The number of hydrogen-bond donors (Lipinski definition) is 0. The van der Waals surface area contributed by atoms with E-state index < -0.39 is 19.0 Å². The van der Waals surface area contributed by atoms with Crippen LogP contribution in [0, 0.1) is 0 Å². The van der Waals surface area contributed by atoms with Crippen LogP contribution in [-0.4, -0.2) is 67.8 Å². The van der Waals surface area contributed by atoms with Gasteiger partial charge in [-0.2, -0.15) is 0 Å². The zero-order valence-electron chi connectivity index (χ0n) is 25.4. The molecule has 37 heavy (non-hydrogen) atoms. The van der Waals surface area contributed by atoms with Gasteiger partial charge in [0.25, 0.3) is 0 Å². The SMILES string of the molecule is CCCCC[SiH2]C(CCSSSCCC(OCCC)(OCCC)[SiH2]CCCCC)(OCCC)OCCC. The molecule has 0 spiro atoms. The Bertz CT molecular complexity index is 423. The highest BCUT2D eigenvalue weighted by atomic mass is 33.5. The van der Waals surface area contributed by atoms with Crippen molar-refractivity contribution >= 4 is 50.5 Å². The zero-order valence-corrected chi connectivity index (χ0v) is 30.7. The first kappa shape index (κ1) is 38.3. The minimum atomic E-state index is -0.437. The number of unbranched alkanes of at least 4 members (excludes halogenated alkanes) is 4. The van der Waals surface area contributed by atoms with E-state index in [9.17, 15) is 0 Å². The lowest BCUT2D eigenvalue weighted by Gasteiger charge is -2.34. The van der Waals surface area contributed by atoms with Crippen molar-refractivity contribution in [3.05, 3.63) is 0 Å². The minimum absolute atomic E-state index is 0.265. The van der Waals surface area contributed by atoms with Crippen LogP contribution in [0.1, 0.15) is 119 Å². The standard InChI is InChI=1S/C28H62O4S3Si2/c1-7-13-15-25-36-27(29-19-9-3,30-20-10-4)17-23-33-35-34-24-18-28(31-21-11-5,32-22-12-6)37-26-16-14-8-2/h7-26,36-37H2,1-6H3. The van der Waals surface area contributed by atoms with E-state index in [2.05, 4.69) is 41.5 Å². The predicted octanol–water partition coefficient (Wildman–Crippen LogP) is 8.36. The third kappa shape index (κ3) is 20.8. The lowest BCUT2D eigenvalue weighted by molar-refractivity contribution is -0.182. The lowest BCUT2D eigenvalue weighted by Crippen LogP contribution is -2.43. The van der Waals surface area contributed by atoms with Gasteiger partial charge in [0.2, 0.25) is 0 Å². The van der Waals surface area contributed by atoms with Gasteiger partial charge in [-0.15, -0.1) is 0 Å². The second kappa shape index (κ2) is 27.5. The molecule has 0 aliphatic rings. The molecule has 0 radical (unpaired) electrons. The summed E-state index contributed by atoms with van der Waals surface area (Å²) in [6.45, 7) is 16.6. The van der Waals surface area contributed by atoms with Gasteiger partial charge < -0.3 is 18.9 Å². The minimum Gasteiger partial charge on any atom is -0.354 e. The predicted molar refractivity (Wildman–Crippen MR) is 178 cm³/mol. The summed E-state index contributed by atoms with van der Waals surface area (Å²) in [6.07, 6.45) is 14.2. The molecule has 0 atom stereocenters. The van der Waals surface area contributed by atoms with Crippen molar-refractivity contribution < 1.29 is 18.9 Å². The van der Waals surface area contributed by atoms with Crippen molar-refractivity contribution in [3.8, 4) is 0 Å². The van der Waals surface area contributed by atoms with Crippen LogP contribution in [-0.2, 0) is 18.9 Å². The fourth-order valence-corrected chi connectivity index (χ4v) is 12.9. The summed E-state index contributed by atoms with van der Waals surface area (Å²) >= 11 is 0. The van der Waals surface area contributed by atoms with E-state index in [0.717, 1.165) is 76.5 Å². The second-order valence-corrected chi connectivity index (χ2v) is 19.1. The van der Waals surface area contributed by atoms with Gasteiger partial charge in [0.1, 0.15) is 10.8 Å². The lowest BCUT2D eigenvalue weighted by atomic mass is 10.3. The Morgan fingerprint density at radius 3 is 1.14 bits per heavy atom. The van der Waals surface area contributed by atoms with Gasteiger partial charge in [-0.3, -0.25) is 0 Å². The van der Waals surface area contributed by atoms with Crippen LogP contribution < -0.4 is 0 Å². The van der Waals surface area contributed by atoms with Crippen LogP contribution in [0.2, 0.25) is 12.1 Å². The first-order chi connectivity index (χ1) is 18.1. The average Bonchev–Trinajstić information content (AvgIpc) is 2.92. The highest BCUT2D eigenvalue weighted by molar-refractivity contribution is 9.09. The van der Waals surface area contributed by atoms with Gasteiger partial charge in [-0.05, 0) is 35.5 Å². The molecular weight excluding hydrogens is 553 g/mol. The number of rotatable bonds is 30. The highest BCUT2D eigenvalue weighted by Gasteiger charge is 2.32.